The zero-order valence-corrected chi connectivity index (χ0v) is 12.7. The van der Waals surface area contributed by atoms with Crippen LogP contribution in [0.15, 0.2) is 12.1 Å². The Morgan fingerprint density at radius 3 is 2.81 bits per heavy atom. The van der Waals surface area contributed by atoms with E-state index in [0.29, 0.717) is 17.6 Å². The molecule has 7 heteroatoms. The molecule has 2 aromatic heterocycles. The van der Waals surface area contributed by atoms with Crippen LogP contribution in [0, 0.1) is 5.92 Å². The lowest BCUT2D eigenvalue weighted by molar-refractivity contribution is 0.222. The van der Waals surface area contributed by atoms with Crippen molar-refractivity contribution in [3.63, 3.8) is 0 Å². The molecule has 1 fully saturated rings. The first-order valence-corrected chi connectivity index (χ1v) is 7.76. The van der Waals surface area contributed by atoms with Gasteiger partial charge in [-0.2, -0.15) is 0 Å². The molecular formula is C14H23N7. The molecule has 1 N–H and O–H groups in total. The third-order valence-corrected chi connectivity index (χ3v) is 3.99. The molecule has 0 bridgehead atoms. The van der Waals surface area contributed by atoms with Gasteiger partial charge in [-0.15, -0.1) is 14.8 Å². The smallest absolute Gasteiger partial charge is 0.200 e. The summed E-state index contributed by atoms with van der Waals surface area (Å²) in [5.74, 6) is 1.52. The molecule has 0 aromatic carbocycles. The summed E-state index contributed by atoms with van der Waals surface area (Å²) in [7, 11) is 0. The number of rotatable bonds is 6. The molecule has 0 saturated carbocycles. The Morgan fingerprint density at radius 1 is 1.24 bits per heavy atom. The largest absolute Gasteiger partial charge is 0.367 e. The number of anilines is 1. The Morgan fingerprint density at radius 2 is 2.05 bits per heavy atom. The van der Waals surface area contributed by atoms with Crippen molar-refractivity contribution in [2.24, 2.45) is 5.92 Å². The average molecular weight is 289 g/mol. The number of tetrazole rings is 1. The van der Waals surface area contributed by atoms with Crippen molar-refractivity contribution in [1.29, 1.82) is 0 Å². The summed E-state index contributed by atoms with van der Waals surface area (Å²) in [6, 6.07) is 4.38. The van der Waals surface area contributed by atoms with E-state index < -0.39 is 0 Å². The summed E-state index contributed by atoms with van der Waals surface area (Å²) in [5, 5.41) is 19.1. The highest BCUT2D eigenvalue weighted by Gasteiger charge is 2.22. The van der Waals surface area contributed by atoms with Crippen molar-refractivity contribution in [1.82, 2.24) is 30.2 Å². The Hall–Kier alpha value is -1.76. The maximum Gasteiger partial charge on any atom is 0.200 e. The predicted molar refractivity (Wildman–Crippen MR) is 81.1 cm³/mol. The molecule has 1 aliphatic heterocycles. The minimum absolute atomic E-state index is 0.568. The van der Waals surface area contributed by atoms with Gasteiger partial charge in [-0.25, -0.2) is 0 Å². The molecule has 1 unspecified atom stereocenters. The van der Waals surface area contributed by atoms with Gasteiger partial charge in [0.1, 0.15) is 5.82 Å². The first-order chi connectivity index (χ1) is 10.2. The summed E-state index contributed by atoms with van der Waals surface area (Å²) in [6.45, 7) is 7.93. The second kappa shape index (κ2) is 6.34. The van der Waals surface area contributed by atoms with E-state index in [1.807, 2.05) is 12.1 Å². The normalized spacial score (nSPS) is 17.7. The van der Waals surface area contributed by atoms with E-state index in [4.69, 9.17) is 0 Å². The van der Waals surface area contributed by atoms with Crippen molar-refractivity contribution in [2.45, 2.75) is 39.2 Å². The van der Waals surface area contributed by atoms with Gasteiger partial charge in [0.25, 0.3) is 0 Å². The third-order valence-electron chi connectivity index (χ3n) is 3.99. The van der Waals surface area contributed by atoms with E-state index in [0.717, 1.165) is 12.4 Å². The lowest BCUT2D eigenvalue weighted by Gasteiger charge is -2.29. The van der Waals surface area contributed by atoms with Crippen LogP contribution in [-0.2, 0) is 0 Å². The number of hydrogen-bond donors (Lipinski definition) is 1. The number of fused-ring (bicyclic) bond motifs is 1. The van der Waals surface area contributed by atoms with Gasteiger partial charge < -0.3 is 5.32 Å². The molecule has 1 aliphatic rings. The SMILES string of the molecule is CC(C)CC(CNc1ccc2nnnn2n1)N1CCCC1. The summed E-state index contributed by atoms with van der Waals surface area (Å²) in [6.07, 6.45) is 3.85. The molecule has 7 nitrogen and oxygen atoms in total. The fourth-order valence-electron chi connectivity index (χ4n) is 2.98. The van der Waals surface area contributed by atoms with Gasteiger partial charge in [-0.1, -0.05) is 13.8 Å². The number of nitrogens with zero attached hydrogens (tertiary/aromatic N) is 6. The monoisotopic (exact) mass is 289 g/mol. The van der Waals surface area contributed by atoms with Gasteiger partial charge in [0.2, 0.25) is 0 Å². The maximum atomic E-state index is 4.36. The van der Waals surface area contributed by atoms with Crippen LogP contribution < -0.4 is 5.32 Å². The van der Waals surface area contributed by atoms with Crippen LogP contribution in [0.2, 0.25) is 0 Å². The molecule has 1 atom stereocenters. The molecule has 3 rings (SSSR count). The van der Waals surface area contributed by atoms with Crippen molar-refractivity contribution in [3.05, 3.63) is 12.1 Å². The van der Waals surface area contributed by atoms with Crippen molar-refractivity contribution in [2.75, 3.05) is 25.0 Å². The molecule has 0 amide bonds. The van der Waals surface area contributed by atoms with E-state index in [9.17, 15) is 0 Å². The van der Waals surface area contributed by atoms with Crippen LogP contribution in [-0.4, -0.2) is 55.8 Å². The second-order valence-electron chi connectivity index (χ2n) is 6.15. The summed E-state index contributed by atoms with van der Waals surface area (Å²) in [5.41, 5.74) is 0.666. The third kappa shape index (κ3) is 3.47. The Labute approximate surface area is 124 Å². The highest BCUT2D eigenvalue weighted by atomic mass is 15.6. The second-order valence-corrected chi connectivity index (χ2v) is 6.15. The van der Waals surface area contributed by atoms with Gasteiger partial charge in [-0.05, 0) is 60.8 Å². The van der Waals surface area contributed by atoms with Gasteiger partial charge in [-0.3, -0.25) is 4.90 Å². The van der Waals surface area contributed by atoms with E-state index in [2.05, 4.69) is 44.7 Å². The lowest BCUT2D eigenvalue weighted by atomic mass is 10.0. The lowest BCUT2D eigenvalue weighted by Crippen LogP contribution is -2.39. The fourth-order valence-corrected chi connectivity index (χ4v) is 2.98. The molecule has 1 saturated heterocycles. The highest BCUT2D eigenvalue weighted by Crippen LogP contribution is 2.18. The Balaban J connectivity index is 1.64. The topological polar surface area (TPSA) is 71.2 Å². The maximum absolute atomic E-state index is 4.36. The minimum atomic E-state index is 0.568. The van der Waals surface area contributed by atoms with E-state index >= 15 is 0 Å². The van der Waals surface area contributed by atoms with Crippen LogP contribution in [0.3, 0.4) is 0 Å². The average Bonchev–Trinajstić information content (AvgIpc) is 3.13. The highest BCUT2D eigenvalue weighted by molar-refractivity contribution is 5.42. The van der Waals surface area contributed by atoms with Crippen LogP contribution in [0.4, 0.5) is 5.82 Å². The van der Waals surface area contributed by atoms with Crippen molar-refractivity contribution < 1.29 is 0 Å². The molecule has 2 aromatic rings. The zero-order valence-electron chi connectivity index (χ0n) is 12.7. The van der Waals surface area contributed by atoms with Crippen LogP contribution in [0.5, 0.6) is 0 Å². The predicted octanol–water partition coefficient (Wildman–Crippen LogP) is 1.44. The van der Waals surface area contributed by atoms with E-state index in [-0.39, 0.29) is 0 Å². The molecule has 0 spiro atoms. The van der Waals surface area contributed by atoms with Crippen molar-refractivity contribution in [3.8, 4) is 0 Å². The van der Waals surface area contributed by atoms with Crippen LogP contribution >= 0.6 is 0 Å². The first kappa shape index (κ1) is 14.2. The van der Waals surface area contributed by atoms with Gasteiger partial charge in [0.15, 0.2) is 5.65 Å². The van der Waals surface area contributed by atoms with E-state index in [1.54, 1.807) is 0 Å². The molecule has 0 aliphatic carbocycles. The fraction of sp³-hybridized carbons (Fsp3) is 0.714. The Bertz CT molecular complexity index is 573. The summed E-state index contributed by atoms with van der Waals surface area (Å²) >= 11 is 0. The van der Waals surface area contributed by atoms with Crippen molar-refractivity contribution >= 4 is 11.5 Å². The molecule has 3 heterocycles. The molecule has 0 radical (unpaired) electrons. The standard InChI is InChI=1S/C14H23N7/c1-11(2)9-12(20-7-3-4-8-20)10-15-13-5-6-14-16-18-19-21(14)17-13/h5-6,11-12H,3-4,7-10H2,1-2H3,(H,15,17). The molecule has 114 valence electrons. The minimum Gasteiger partial charge on any atom is -0.367 e. The zero-order chi connectivity index (χ0) is 14.7. The van der Waals surface area contributed by atoms with Gasteiger partial charge in [0.05, 0.1) is 0 Å². The van der Waals surface area contributed by atoms with E-state index in [1.165, 1.54) is 37.0 Å². The summed E-state index contributed by atoms with van der Waals surface area (Å²) < 4.78 is 1.45. The number of likely N-dealkylation sites (tertiary alicyclic amines) is 1. The Kier molecular flexibility index (Phi) is 4.28. The number of nitrogens with one attached hydrogen (secondary N) is 1. The number of aromatic nitrogens is 5. The number of hydrogen-bond acceptors (Lipinski definition) is 6. The van der Waals surface area contributed by atoms with Crippen LogP contribution in [0.1, 0.15) is 33.1 Å². The molecule has 21 heavy (non-hydrogen) atoms. The first-order valence-electron chi connectivity index (χ1n) is 7.76. The summed E-state index contributed by atoms with van der Waals surface area (Å²) in [4.78, 5) is 2.60. The van der Waals surface area contributed by atoms with Gasteiger partial charge in [0, 0.05) is 12.6 Å². The van der Waals surface area contributed by atoms with Gasteiger partial charge >= 0.3 is 0 Å². The quantitative estimate of drug-likeness (QED) is 0.867. The molecular weight excluding hydrogens is 266 g/mol. The van der Waals surface area contributed by atoms with Crippen LogP contribution in [0.25, 0.3) is 5.65 Å².